The number of amides is 4. The SMILES string of the molecule is CCNC(=O)N(CC)[C@@H](COC(=O)/C=C/C(=O)OC[C@@H](C(C)C)N(CC)C(=O)NCC)C(C)C. The number of likely N-dealkylation sites (N-methyl/N-ethyl adjacent to an activating group) is 2. The molecule has 0 aromatic heterocycles. The zero-order valence-corrected chi connectivity index (χ0v) is 22.1. The molecule has 2 N–H and O–H groups in total. The molecule has 0 saturated carbocycles. The van der Waals surface area contributed by atoms with E-state index in [0.717, 1.165) is 12.2 Å². The van der Waals surface area contributed by atoms with Crippen LogP contribution in [-0.2, 0) is 19.1 Å². The van der Waals surface area contributed by atoms with E-state index in [1.54, 1.807) is 9.80 Å². The molecule has 0 heterocycles. The van der Waals surface area contributed by atoms with E-state index in [1.165, 1.54) is 0 Å². The standard InChI is InChI=1S/C24H44N4O6/c1-9-25-23(31)27(11-3)19(17(5)6)15-33-21(29)13-14-22(30)34-16-20(18(7)8)28(12-4)24(32)26-10-2/h13-14,17-20H,9-12,15-16H2,1-8H3,(H,25,31)(H,26,32)/b14-13+/t19-,20-/m0/s1. The quantitative estimate of drug-likeness (QED) is 0.289. The number of urea groups is 2. The van der Waals surface area contributed by atoms with Crippen molar-refractivity contribution in [3.63, 3.8) is 0 Å². The highest BCUT2D eigenvalue weighted by Crippen LogP contribution is 2.13. The molecule has 0 unspecified atom stereocenters. The summed E-state index contributed by atoms with van der Waals surface area (Å²) < 4.78 is 10.6. The molecule has 0 spiro atoms. The topological polar surface area (TPSA) is 117 Å². The van der Waals surface area contributed by atoms with Crippen molar-refractivity contribution in [2.24, 2.45) is 11.8 Å². The lowest BCUT2D eigenvalue weighted by Crippen LogP contribution is -2.50. The third kappa shape index (κ3) is 10.9. The van der Waals surface area contributed by atoms with Gasteiger partial charge in [0.1, 0.15) is 13.2 Å². The predicted octanol–water partition coefficient (Wildman–Crippen LogP) is 2.78. The minimum absolute atomic E-state index is 0.00822. The Kier molecular flexibility index (Phi) is 15.4. The molecule has 196 valence electrons. The van der Waals surface area contributed by atoms with Crippen LogP contribution in [0.25, 0.3) is 0 Å². The van der Waals surface area contributed by atoms with Crippen LogP contribution < -0.4 is 10.6 Å². The van der Waals surface area contributed by atoms with Crippen LogP contribution in [0.15, 0.2) is 12.2 Å². The molecule has 0 aromatic carbocycles. The first-order valence-electron chi connectivity index (χ1n) is 12.1. The van der Waals surface area contributed by atoms with Crippen molar-refractivity contribution >= 4 is 24.0 Å². The lowest BCUT2D eigenvalue weighted by Gasteiger charge is -2.33. The number of nitrogens with zero attached hydrogens (tertiary/aromatic N) is 2. The number of ether oxygens (including phenoxy) is 2. The second kappa shape index (κ2) is 16.8. The number of nitrogens with one attached hydrogen (secondary N) is 2. The van der Waals surface area contributed by atoms with Gasteiger partial charge in [-0.1, -0.05) is 27.7 Å². The van der Waals surface area contributed by atoms with Crippen LogP contribution >= 0.6 is 0 Å². The average Bonchev–Trinajstić information content (AvgIpc) is 2.77. The molecule has 0 radical (unpaired) electrons. The summed E-state index contributed by atoms with van der Waals surface area (Å²) in [4.78, 5) is 52.1. The number of esters is 2. The molecule has 4 amide bonds. The summed E-state index contributed by atoms with van der Waals surface area (Å²) in [6.07, 6.45) is 2.02. The number of rotatable bonds is 14. The summed E-state index contributed by atoms with van der Waals surface area (Å²) in [6, 6.07) is -1.04. The van der Waals surface area contributed by atoms with Crippen LogP contribution in [0.1, 0.15) is 55.4 Å². The normalized spacial score (nSPS) is 12.9. The fourth-order valence-corrected chi connectivity index (χ4v) is 3.41. The molecule has 0 aromatic rings. The summed E-state index contributed by atoms with van der Waals surface area (Å²) in [6.45, 7) is 17.1. The molecule has 10 heteroatoms. The summed E-state index contributed by atoms with van der Waals surface area (Å²) in [5.74, 6) is -1.28. The van der Waals surface area contributed by atoms with Crippen molar-refractivity contribution in [2.45, 2.75) is 67.5 Å². The molecule has 0 aliphatic carbocycles. The first-order chi connectivity index (χ1) is 16.0. The van der Waals surface area contributed by atoms with Crippen molar-refractivity contribution in [2.75, 3.05) is 39.4 Å². The Hall–Kier alpha value is -2.78. The molecule has 0 fully saturated rings. The first-order valence-corrected chi connectivity index (χ1v) is 12.1. The van der Waals surface area contributed by atoms with Gasteiger partial charge in [0, 0.05) is 38.3 Å². The molecule has 0 aliphatic rings. The molecule has 2 atom stereocenters. The Bertz CT molecular complexity index is 624. The summed E-state index contributed by atoms with van der Waals surface area (Å²) >= 11 is 0. The van der Waals surface area contributed by atoms with Gasteiger partial charge in [0.15, 0.2) is 0 Å². The van der Waals surface area contributed by atoms with Gasteiger partial charge in [0.25, 0.3) is 0 Å². The van der Waals surface area contributed by atoms with E-state index in [2.05, 4.69) is 10.6 Å². The summed E-state index contributed by atoms with van der Waals surface area (Å²) in [5.41, 5.74) is 0. The largest absolute Gasteiger partial charge is 0.460 e. The molecule has 0 saturated heterocycles. The van der Waals surface area contributed by atoms with Gasteiger partial charge in [-0.3, -0.25) is 0 Å². The van der Waals surface area contributed by atoms with Crippen molar-refractivity contribution in [1.82, 2.24) is 20.4 Å². The van der Waals surface area contributed by atoms with E-state index < -0.39 is 11.9 Å². The zero-order valence-electron chi connectivity index (χ0n) is 22.1. The Labute approximate surface area is 204 Å². The van der Waals surface area contributed by atoms with Crippen LogP contribution in [0, 0.1) is 11.8 Å². The predicted molar refractivity (Wildman–Crippen MR) is 131 cm³/mol. The monoisotopic (exact) mass is 484 g/mol. The molecular weight excluding hydrogens is 440 g/mol. The third-order valence-corrected chi connectivity index (χ3v) is 5.35. The van der Waals surface area contributed by atoms with Crippen molar-refractivity contribution < 1.29 is 28.7 Å². The lowest BCUT2D eigenvalue weighted by molar-refractivity contribution is -0.142. The van der Waals surface area contributed by atoms with E-state index in [-0.39, 0.29) is 49.2 Å². The number of hydrogen-bond donors (Lipinski definition) is 2. The second-order valence-corrected chi connectivity index (χ2v) is 8.46. The molecule has 0 aliphatic heterocycles. The van der Waals surface area contributed by atoms with E-state index in [4.69, 9.17) is 9.47 Å². The molecular formula is C24H44N4O6. The highest BCUT2D eigenvalue weighted by atomic mass is 16.5. The number of hydrogen-bond acceptors (Lipinski definition) is 6. The van der Waals surface area contributed by atoms with Crippen LogP contribution in [0.4, 0.5) is 9.59 Å². The fourth-order valence-electron chi connectivity index (χ4n) is 3.41. The van der Waals surface area contributed by atoms with Gasteiger partial charge >= 0.3 is 24.0 Å². The van der Waals surface area contributed by atoms with Crippen molar-refractivity contribution in [3.8, 4) is 0 Å². The highest BCUT2D eigenvalue weighted by molar-refractivity contribution is 5.91. The molecule has 10 nitrogen and oxygen atoms in total. The Morgan fingerprint density at radius 3 is 1.24 bits per heavy atom. The van der Waals surface area contributed by atoms with Crippen LogP contribution in [0.5, 0.6) is 0 Å². The molecule has 34 heavy (non-hydrogen) atoms. The maximum absolute atomic E-state index is 12.3. The minimum atomic E-state index is -0.701. The summed E-state index contributed by atoms with van der Waals surface area (Å²) in [7, 11) is 0. The van der Waals surface area contributed by atoms with E-state index >= 15 is 0 Å². The van der Waals surface area contributed by atoms with Crippen LogP contribution in [0.2, 0.25) is 0 Å². The third-order valence-electron chi connectivity index (χ3n) is 5.35. The van der Waals surface area contributed by atoms with Crippen molar-refractivity contribution in [1.29, 1.82) is 0 Å². The maximum Gasteiger partial charge on any atom is 0.331 e. The minimum Gasteiger partial charge on any atom is -0.460 e. The van der Waals surface area contributed by atoms with Crippen LogP contribution in [0.3, 0.4) is 0 Å². The van der Waals surface area contributed by atoms with E-state index in [1.807, 2.05) is 55.4 Å². The van der Waals surface area contributed by atoms with Gasteiger partial charge in [0.2, 0.25) is 0 Å². The summed E-state index contributed by atoms with van der Waals surface area (Å²) in [5, 5.41) is 5.52. The first kappa shape index (κ1) is 31.2. The molecule has 0 rings (SSSR count). The van der Waals surface area contributed by atoms with Crippen LogP contribution in [-0.4, -0.2) is 85.3 Å². The van der Waals surface area contributed by atoms with Gasteiger partial charge in [-0.05, 0) is 39.5 Å². The van der Waals surface area contributed by atoms with Crippen molar-refractivity contribution in [3.05, 3.63) is 12.2 Å². The Morgan fingerprint density at radius 2 is 1.00 bits per heavy atom. The Morgan fingerprint density at radius 1 is 0.676 bits per heavy atom. The molecule has 0 bridgehead atoms. The number of carbonyl (C=O) groups is 4. The lowest BCUT2D eigenvalue weighted by atomic mass is 10.0. The average molecular weight is 485 g/mol. The van der Waals surface area contributed by atoms with E-state index in [0.29, 0.717) is 26.2 Å². The smallest absolute Gasteiger partial charge is 0.331 e. The second-order valence-electron chi connectivity index (χ2n) is 8.46. The number of carbonyl (C=O) groups excluding carboxylic acids is 4. The van der Waals surface area contributed by atoms with Gasteiger partial charge in [-0.25, -0.2) is 19.2 Å². The zero-order chi connectivity index (χ0) is 26.3. The Balaban J connectivity index is 4.93. The van der Waals surface area contributed by atoms with Gasteiger partial charge < -0.3 is 29.9 Å². The van der Waals surface area contributed by atoms with E-state index in [9.17, 15) is 19.2 Å². The van der Waals surface area contributed by atoms with Gasteiger partial charge in [0.05, 0.1) is 12.1 Å². The fraction of sp³-hybridized carbons (Fsp3) is 0.750. The maximum atomic E-state index is 12.3. The highest BCUT2D eigenvalue weighted by Gasteiger charge is 2.27. The van der Waals surface area contributed by atoms with Gasteiger partial charge in [-0.15, -0.1) is 0 Å². The van der Waals surface area contributed by atoms with Gasteiger partial charge in [-0.2, -0.15) is 0 Å².